The van der Waals surface area contributed by atoms with E-state index in [1.807, 2.05) is 0 Å². The van der Waals surface area contributed by atoms with Crippen LogP contribution >= 0.6 is 0 Å². The average molecular weight is 381 g/mol. The van der Waals surface area contributed by atoms with Gasteiger partial charge < -0.3 is 23.1 Å². The zero-order valence-electron chi connectivity index (χ0n) is 16.3. The molecule has 0 aromatic heterocycles. The minimum Gasteiger partial charge on any atom is -0.415 e. The monoisotopic (exact) mass is 380 g/mol. The predicted octanol–water partition coefficient (Wildman–Crippen LogP) is 3.04. The van der Waals surface area contributed by atoms with Crippen LogP contribution in [-0.4, -0.2) is 67.7 Å². The number of aliphatic hydroxyl groups is 1. The van der Waals surface area contributed by atoms with Gasteiger partial charge in [-0.25, -0.2) is 0 Å². The summed E-state index contributed by atoms with van der Waals surface area (Å²) >= 11 is 0. The number of rotatable bonds is 7. The lowest BCUT2D eigenvalue weighted by atomic mass is 10.0. The Kier molecular flexibility index (Phi) is 7.27. The first-order chi connectivity index (χ1) is 10.2. The van der Waals surface area contributed by atoms with E-state index in [0.29, 0.717) is 13.2 Å². The Hall–Kier alpha value is 0.451. The molecule has 0 saturated carbocycles. The quantitative estimate of drug-likeness (QED) is 0.688. The lowest BCUT2D eigenvalue weighted by Gasteiger charge is -2.44. The molecule has 4 atom stereocenters. The summed E-state index contributed by atoms with van der Waals surface area (Å²) < 4.78 is 24.3. The SMILES string of the molecule is C[Si](C)(C)OC[C@H]1OCC(O[Si](C)(C)C)C(O[Si](C)(C)C)[C@@H]1O. The van der Waals surface area contributed by atoms with E-state index in [-0.39, 0.29) is 18.3 Å². The second-order valence-electron chi connectivity index (χ2n) is 9.25. The molecule has 8 heteroatoms. The van der Waals surface area contributed by atoms with E-state index in [1.54, 1.807) is 0 Å². The van der Waals surface area contributed by atoms with E-state index in [4.69, 9.17) is 18.0 Å². The first-order valence-electron chi connectivity index (χ1n) is 8.47. The Morgan fingerprint density at radius 1 is 0.870 bits per heavy atom. The zero-order valence-corrected chi connectivity index (χ0v) is 19.3. The molecule has 138 valence electrons. The van der Waals surface area contributed by atoms with Gasteiger partial charge >= 0.3 is 0 Å². The first kappa shape index (κ1) is 21.5. The summed E-state index contributed by atoms with van der Waals surface area (Å²) in [5.74, 6) is 0. The molecule has 1 aliphatic rings. The molecule has 0 bridgehead atoms. The Morgan fingerprint density at radius 3 is 1.83 bits per heavy atom. The maximum Gasteiger partial charge on any atom is 0.184 e. The highest BCUT2D eigenvalue weighted by molar-refractivity contribution is 6.70. The van der Waals surface area contributed by atoms with E-state index < -0.39 is 31.1 Å². The lowest BCUT2D eigenvalue weighted by Crippen LogP contribution is -2.60. The zero-order chi connectivity index (χ0) is 18.1. The highest BCUT2D eigenvalue weighted by atomic mass is 28.4. The van der Waals surface area contributed by atoms with Gasteiger partial charge in [-0.15, -0.1) is 0 Å². The van der Waals surface area contributed by atoms with Crippen molar-refractivity contribution in [3.8, 4) is 0 Å². The van der Waals surface area contributed by atoms with Crippen molar-refractivity contribution in [1.82, 2.24) is 0 Å². The Morgan fingerprint density at radius 2 is 1.39 bits per heavy atom. The van der Waals surface area contributed by atoms with Crippen molar-refractivity contribution in [2.75, 3.05) is 13.2 Å². The fourth-order valence-corrected chi connectivity index (χ4v) is 5.31. The van der Waals surface area contributed by atoms with E-state index in [1.165, 1.54) is 0 Å². The highest BCUT2D eigenvalue weighted by Crippen LogP contribution is 2.27. The van der Waals surface area contributed by atoms with Gasteiger partial charge in [0.15, 0.2) is 25.0 Å². The van der Waals surface area contributed by atoms with E-state index in [9.17, 15) is 5.11 Å². The number of hydrogen-bond acceptors (Lipinski definition) is 5. The second-order valence-corrected chi connectivity index (χ2v) is 22.7. The Labute approximate surface area is 145 Å². The lowest BCUT2D eigenvalue weighted by molar-refractivity contribution is -0.183. The van der Waals surface area contributed by atoms with Crippen molar-refractivity contribution in [3.05, 3.63) is 0 Å². The van der Waals surface area contributed by atoms with Gasteiger partial charge in [-0.1, -0.05) is 0 Å². The number of hydrogen-bond donors (Lipinski definition) is 1. The molecule has 0 spiro atoms. The Bertz CT molecular complexity index is 373. The van der Waals surface area contributed by atoms with Crippen LogP contribution < -0.4 is 0 Å². The fourth-order valence-electron chi connectivity index (χ4n) is 2.43. The van der Waals surface area contributed by atoms with Crippen LogP contribution in [0.25, 0.3) is 0 Å². The molecular weight excluding hydrogens is 344 g/mol. The first-order valence-corrected chi connectivity index (χ1v) is 18.7. The average Bonchev–Trinajstić information content (AvgIpc) is 2.28. The van der Waals surface area contributed by atoms with Gasteiger partial charge in [-0.2, -0.15) is 0 Å². The largest absolute Gasteiger partial charge is 0.415 e. The van der Waals surface area contributed by atoms with Gasteiger partial charge in [0.05, 0.1) is 19.3 Å². The molecule has 0 amide bonds. The molecule has 0 aliphatic carbocycles. The molecule has 5 nitrogen and oxygen atoms in total. The van der Waals surface area contributed by atoms with Gasteiger partial charge in [0.25, 0.3) is 0 Å². The molecule has 1 rings (SSSR count). The summed E-state index contributed by atoms with van der Waals surface area (Å²) in [6, 6.07) is 0. The summed E-state index contributed by atoms with van der Waals surface area (Å²) in [6.45, 7) is 20.1. The van der Waals surface area contributed by atoms with E-state index in [2.05, 4.69) is 58.9 Å². The molecule has 0 radical (unpaired) electrons. The van der Waals surface area contributed by atoms with Crippen LogP contribution in [-0.2, 0) is 18.0 Å². The molecule has 1 heterocycles. The van der Waals surface area contributed by atoms with Crippen molar-refractivity contribution < 1.29 is 23.1 Å². The number of aliphatic hydroxyl groups excluding tert-OH is 1. The summed E-state index contributed by atoms with van der Waals surface area (Å²) in [7, 11) is -5.19. The summed E-state index contributed by atoms with van der Waals surface area (Å²) in [5, 5.41) is 10.8. The van der Waals surface area contributed by atoms with Gasteiger partial charge in [-0.3, -0.25) is 0 Å². The topological polar surface area (TPSA) is 57.2 Å². The van der Waals surface area contributed by atoms with E-state index in [0.717, 1.165) is 0 Å². The van der Waals surface area contributed by atoms with Crippen LogP contribution in [0.4, 0.5) is 0 Å². The van der Waals surface area contributed by atoms with Crippen LogP contribution in [0.5, 0.6) is 0 Å². The molecule has 1 saturated heterocycles. The van der Waals surface area contributed by atoms with Gasteiger partial charge in [0, 0.05) is 0 Å². The minimum absolute atomic E-state index is 0.202. The summed E-state index contributed by atoms with van der Waals surface area (Å²) in [6.07, 6.45) is -1.60. The molecule has 2 unspecified atom stereocenters. The maximum absolute atomic E-state index is 10.8. The van der Waals surface area contributed by atoms with Gasteiger partial charge in [-0.05, 0) is 58.9 Å². The van der Waals surface area contributed by atoms with Crippen molar-refractivity contribution >= 4 is 25.0 Å². The Balaban J connectivity index is 2.82. The molecular formula is C15H36O5Si3. The molecule has 23 heavy (non-hydrogen) atoms. The predicted molar refractivity (Wildman–Crippen MR) is 101 cm³/mol. The molecule has 0 aromatic carbocycles. The van der Waals surface area contributed by atoms with Gasteiger partial charge in [0.1, 0.15) is 18.3 Å². The molecule has 0 aromatic rings. The van der Waals surface area contributed by atoms with Crippen LogP contribution in [0, 0.1) is 0 Å². The van der Waals surface area contributed by atoms with E-state index >= 15 is 0 Å². The molecule has 1 aliphatic heterocycles. The third-order valence-corrected chi connectivity index (χ3v) is 6.26. The molecule has 1 fully saturated rings. The third kappa shape index (κ3) is 8.39. The minimum atomic E-state index is -1.81. The smallest absolute Gasteiger partial charge is 0.184 e. The maximum atomic E-state index is 10.8. The standard InChI is InChI=1S/C15H36O5Si3/c1-21(2,3)18-11-12-14(16)15(20-23(7,8)9)13(10-17-12)19-22(4,5)6/h12-16H,10-11H2,1-9H3/t12-,13?,14-,15?/m1/s1. The summed E-state index contributed by atoms with van der Waals surface area (Å²) in [4.78, 5) is 0. The van der Waals surface area contributed by atoms with Gasteiger partial charge in [0.2, 0.25) is 0 Å². The third-order valence-electron chi connectivity index (χ3n) is 3.23. The summed E-state index contributed by atoms with van der Waals surface area (Å²) in [5.41, 5.74) is 0. The van der Waals surface area contributed by atoms with Crippen molar-refractivity contribution in [3.63, 3.8) is 0 Å². The fraction of sp³-hybridized carbons (Fsp3) is 1.00. The van der Waals surface area contributed by atoms with Crippen molar-refractivity contribution in [2.45, 2.75) is 83.3 Å². The highest BCUT2D eigenvalue weighted by Gasteiger charge is 2.44. The van der Waals surface area contributed by atoms with Crippen LogP contribution in [0.3, 0.4) is 0 Å². The number of ether oxygens (including phenoxy) is 1. The van der Waals surface area contributed by atoms with Crippen molar-refractivity contribution in [1.29, 1.82) is 0 Å². The van der Waals surface area contributed by atoms with Crippen LogP contribution in [0.2, 0.25) is 58.9 Å². The normalized spacial score (nSPS) is 30.5. The van der Waals surface area contributed by atoms with Crippen LogP contribution in [0.15, 0.2) is 0 Å². The van der Waals surface area contributed by atoms with Crippen molar-refractivity contribution in [2.24, 2.45) is 0 Å². The molecule has 1 N–H and O–H groups in total. The second kappa shape index (κ2) is 7.77. The van der Waals surface area contributed by atoms with Crippen LogP contribution in [0.1, 0.15) is 0 Å².